The van der Waals surface area contributed by atoms with Gasteiger partial charge in [0.05, 0.1) is 13.2 Å². The van der Waals surface area contributed by atoms with Crippen molar-refractivity contribution in [2.75, 3.05) is 44.3 Å². The highest BCUT2D eigenvalue weighted by Gasteiger charge is 2.38. The summed E-state index contributed by atoms with van der Waals surface area (Å²) in [5.41, 5.74) is 1.59. The van der Waals surface area contributed by atoms with Gasteiger partial charge in [-0.05, 0) is 39.2 Å². The number of carbonyl (C=O) groups excluding carboxylic acids is 1. The Hall–Kier alpha value is -2.02. The number of piperidine rings is 1. The van der Waals surface area contributed by atoms with E-state index < -0.39 is 5.60 Å². The maximum Gasteiger partial charge on any atom is 0.410 e. The van der Waals surface area contributed by atoms with Crippen molar-refractivity contribution in [3.63, 3.8) is 0 Å². The van der Waals surface area contributed by atoms with Gasteiger partial charge in [-0.3, -0.25) is 4.79 Å². The Bertz CT molecular complexity index is 776. The van der Waals surface area contributed by atoms with Crippen molar-refractivity contribution in [3.8, 4) is 0 Å². The molecule has 4 heterocycles. The molecular formula is C20H29N3O4. The first kappa shape index (κ1) is 18.3. The average molecular weight is 375 g/mol. The number of ether oxygens (including phenoxy) is 2. The van der Waals surface area contributed by atoms with Crippen molar-refractivity contribution in [3.05, 3.63) is 28.2 Å². The molecule has 148 valence electrons. The van der Waals surface area contributed by atoms with Gasteiger partial charge >= 0.3 is 6.09 Å². The zero-order valence-corrected chi connectivity index (χ0v) is 16.4. The molecule has 2 atom stereocenters. The molecular weight excluding hydrogens is 346 g/mol. The van der Waals surface area contributed by atoms with Crippen molar-refractivity contribution in [1.29, 1.82) is 0 Å². The molecule has 3 aliphatic heterocycles. The second-order valence-electron chi connectivity index (χ2n) is 8.87. The molecule has 1 amide bonds. The highest BCUT2D eigenvalue weighted by atomic mass is 16.6. The summed E-state index contributed by atoms with van der Waals surface area (Å²) in [7, 11) is 0. The molecule has 0 unspecified atom stereocenters. The number of pyridine rings is 1. The SMILES string of the molecule is CC(C)(C)OC(=O)N1C[C@@H]2C[C@H](C1)c1cc(N3CCOCC3)cc(=O)n1C2. The number of likely N-dealkylation sites (tertiary alicyclic amines) is 1. The van der Waals surface area contributed by atoms with E-state index in [9.17, 15) is 9.59 Å². The van der Waals surface area contributed by atoms with Crippen LogP contribution in [0.2, 0.25) is 0 Å². The number of aromatic nitrogens is 1. The van der Waals surface area contributed by atoms with E-state index in [4.69, 9.17) is 9.47 Å². The minimum absolute atomic E-state index is 0.0643. The number of hydrogen-bond acceptors (Lipinski definition) is 5. The fourth-order valence-electron chi connectivity index (χ4n) is 4.42. The summed E-state index contributed by atoms with van der Waals surface area (Å²) in [6.07, 6.45) is 0.767. The number of morpholine rings is 1. The molecule has 2 saturated heterocycles. The second-order valence-corrected chi connectivity index (χ2v) is 8.87. The Morgan fingerprint density at radius 3 is 2.59 bits per heavy atom. The number of fused-ring (bicyclic) bond motifs is 4. The van der Waals surface area contributed by atoms with Gasteiger partial charge in [-0.2, -0.15) is 0 Å². The van der Waals surface area contributed by atoms with Crippen LogP contribution < -0.4 is 10.5 Å². The van der Waals surface area contributed by atoms with E-state index in [2.05, 4.69) is 11.0 Å². The molecule has 2 fully saturated rings. The van der Waals surface area contributed by atoms with E-state index in [1.807, 2.05) is 30.2 Å². The molecule has 0 saturated carbocycles. The van der Waals surface area contributed by atoms with E-state index >= 15 is 0 Å². The monoisotopic (exact) mass is 375 g/mol. The fraction of sp³-hybridized carbons (Fsp3) is 0.700. The Kier molecular flexibility index (Phi) is 4.66. The van der Waals surface area contributed by atoms with Crippen molar-refractivity contribution in [1.82, 2.24) is 9.47 Å². The van der Waals surface area contributed by atoms with Crippen LogP contribution in [0.15, 0.2) is 16.9 Å². The summed E-state index contributed by atoms with van der Waals surface area (Å²) >= 11 is 0. The molecule has 3 aliphatic rings. The van der Waals surface area contributed by atoms with Crippen LogP contribution in [0.3, 0.4) is 0 Å². The predicted octanol–water partition coefficient (Wildman–Crippen LogP) is 2.04. The number of carbonyl (C=O) groups is 1. The van der Waals surface area contributed by atoms with Crippen LogP contribution in [0.4, 0.5) is 10.5 Å². The number of amides is 1. The van der Waals surface area contributed by atoms with E-state index in [1.54, 1.807) is 6.07 Å². The first-order valence-electron chi connectivity index (χ1n) is 9.85. The van der Waals surface area contributed by atoms with Gasteiger partial charge in [-0.15, -0.1) is 0 Å². The number of hydrogen-bond donors (Lipinski definition) is 0. The normalized spacial score (nSPS) is 25.1. The lowest BCUT2D eigenvalue weighted by Crippen LogP contribution is -2.50. The first-order valence-corrected chi connectivity index (χ1v) is 9.85. The van der Waals surface area contributed by atoms with E-state index in [-0.39, 0.29) is 17.6 Å². The molecule has 0 N–H and O–H groups in total. The van der Waals surface area contributed by atoms with E-state index in [1.165, 1.54) is 0 Å². The van der Waals surface area contributed by atoms with Crippen LogP contribution in [0.5, 0.6) is 0 Å². The standard InChI is InChI=1S/C20H29N3O4/c1-20(2,3)27-19(25)22-11-14-8-15(13-22)17-9-16(10-18(24)23(17)12-14)21-4-6-26-7-5-21/h9-10,14-15H,4-8,11-13H2,1-3H3/t14-,15+/m0/s1. The van der Waals surface area contributed by atoms with Crippen molar-refractivity contribution >= 4 is 11.8 Å². The molecule has 0 spiro atoms. The lowest BCUT2D eigenvalue weighted by molar-refractivity contribution is 0.0102. The summed E-state index contributed by atoms with van der Waals surface area (Å²) in [5, 5.41) is 0. The highest BCUT2D eigenvalue weighted by Crippen LogP contribution is 2.37. The third kappa shape index (κ3) is 3.83. The Morgan fingerprint density at radius 2 is 1.89 bits per heavy atom. The lowest BCUT2D eigenvalue weighted by Gasteiger charge is -2.43. The second kappa shape index (κ2) is 6.86. The average Bonchev–Trinajstić information content (AvgIpc) is 2.61. The largest absolute Gasteiger partial charge is 0.444 e. The van der Waals surface area contributed by atoms with Crippen LogP contribution in [0, 0.1) is 5.92 Å². The summed E-state index contributed by atoms with van der Waals surface area (Å²) < 4.78 is 12.9. The van der Waals surface area contributed by atoms with E-state index in [0.29, 0.717) is 38.8 Å². The topological polar surface area (TPSA) is 64.0 Å². The Balaban J connectivity index is 1.59. The quantitative estimate of drug-likeness (QED) is 0.752. The highest BCUT2D eigenvalue weighted by molar-refractivity contribution is 5.68. The summed E-state index contributed by atoms with van der Waals surface area (Å²) in [6.45, 7) is 10.6. The molecule has 7 nitrogen and oxygen atoms in total. The van der Waals surface area contributed by atoms with Gasteiger partial charge in [0.1, 0.15) is 5.60 Å². The predicted molar refractivity (Wildman–Crippen MR) is 102 cm³/mol. The van der Waals surface area contributed by atoms with Crippen molar-refractivity contribution < 1.29 is 14.3 Å². The van der Waals surface area contributed by atoms with Crippen molar-refractivity contribution in [2.45, 2.75) is 45.3 Å². The fourth-order valence-corrected chi connectivity index (χ4v) is 4.42. The van der Waals surface area contributed by atoms with Gasteiger partial charge in [0.15, 0.2) is 0 Å². The molecule has 2 bridgehead atoms. The van der Waals surface area contributed by atoms with Crippen LogP contribution in [0.25, 0.3) is 0 Å². The summed E-state index contributed by atoms with van der Waals surface area (Å²) in [6, 6.07) is 3.90. The van der Waals surface area contributed by atoms with Crippen LogP contribution in [0.1, 0.15) is 38.8 Å². The van der Waals surface area contributed by atoms with Gasteiger partial charge in [0, 0.05) is 56.1 Å². The molecule has 1 aromatic rings. The minimum atomic E-state index is -0.498. The van der Waals surface area contributed by atoms with Crippen LogP contribution in [-0.4, -0.2) is 60.6 Å². The zero-order valence-electron chi connectivity index (χ0n) is 16.4. The lowest BCUT2D eigenvalue weighted by atomic mass is 9.83. The number of rotatable bonds is 1. The summed E-state index contributed by atoms with van der Waals surface area (Å²) in [5.74, 6) is 0.481. The first-order chi connectivity index (χ1) is 12.8. The maximum atomic E-state index is 12.8. The third-order valence-corrected chi connectivity index (χ3v) is 5.57. The smallest absolute Gasteiger partial charge is 0.410 e. The maximum absolute atomic E-state index is 12.8. The Morgan fingerprint density at radius 1 is 1.15 bits per heavy atom. The van der Waals surface area contributed by atoms with Crippen LogP contribution in [-0.2, 0) is 16.0 Å². The molecule has 0 aromatic carbocycles. The van der Waals surface area contributed by atoms with Gasteiger partial charge in [0.2, 0.25) is 0 Å². The molecule has 1 aromatic heterocycles. The third-order valence-electron chi connectivity index (χ3n) is 5.57. The van der Waals surface area contributed by atoms with E-state index in [0.717, 1.165) is 30.9 Å². The van der Waals surface area contributed by atoms with Crippen LogP contribution >= 0.6 is 0 Å². The zero-order chi connectivity index (χ0) is 19.2. The van der Waals surface area contributed by atoms with Crippen molar-refractivity contribution in [2.24, 2.45) is 5.92 Å². The van der Waals surface area contributed by atoms with Gasteiger partial charge in [0.25, 0.3) is 5.56 Å². The summed E-state index contributed by atoms with van der Waals surface area (Å²) in [4.78, 5) is 29.3. The molecule has 4 rings (SSSR count). The van der Waals surface area contributed by atoms with Gasteiger partial charge in [-0.25, -0.2) is 4.79 Å². The number of anilines is 1. The minimum Gasteiger partial charge on any atom is -0.444 e. The van der Waals surface area contributed by atoms with Gasteiger partial charge < -0.3 is 23.8 Å². The Labute approximate surface area is 159 Å². The number of nitrogens with zero attached hydrogens (tertiary/aromatic N) is 3. The van der Waals surface area contributed by atoms with Gasteiger partial charge in [-0.1, -0.05) is 0 Å². The molecule has 27 heavy (non-hydrogen) atoms. The molecule has 0 aliphatic carbocycles. The molecule has 0 radical (unpaired) electrons. The molecule has 7 heteroatoms.